The van der Waals surface area contributed by atoms with E-state index in [1.165, 1.54) is 56.9 Å². The Morgan fingerprint density at radius 1 is 0.213 bits per heavy atom. The Morgan fingerprint density at radius 3 is 0.630 bits per heavy atom. The first-order valence-corrected chi connectivity index (χ1v) is 51.1. The van der Waals surface area contributed by atoms with Crippen LogP contribution in [0.25, 0.3) is 0 Å². The third-order valence-corrected chi connectivity index (χ3v) is 23.0. The molecular formula is C86H160Cl4N10O26Si. The number of hydrogen-bond donors (Lipinski definition) is 4. The fourth-order valence-corrected chi connectivity index (χ4v) is 14.5. The lowest BCUT2D eigenvalue weighted by atomic mass is 10.1. The molecule has 127 heavy (non-hydrogen) atoms. The van der Waals surface area contributed by atoms with Crippen LogP contribution in [0.2, 0.25) is 6.04 Å². The summed E-state index contributed by atoms with van der Waals surface area (Å²) in [5.41, 5.74) is 0. The highest BCUT2D eigenvalue weighted by molar-refractivity contribution is 7.64. The number of hydrogen-bond acceptors (Lipinski definition) is 32. The van der Waals surface area contributed by atoms with Gasteiger partial charge in [0.15, 0.2) is 0 Å². The average molecular weight is 1920 g/mol. The lowest BCUT2D eigenvalue weighted by molar-refractivity contribution is -0.143. The molecule has 0 fully saturated rings. The summed E-state index contributed by atoms with van der Waals surface area (Å²) in [6, 6.07) is -1.86. The molecule has 41 heteroatoms. The molecule has 0 radical (unpaired) electrons. The maximum Gasteiger partial charge on any atom is 0.341 e. The summed E-state index contributed by atoms with van der Waals surface area (Å²) in [7, 11) is 10.8. The van der Waals surface area contributed by atoms with E-state index in [1.807, 2.05) is 14.7 Å². The minimum atomic E-state index is -2.55. The molecule has 0 unspecified atom stereocenters. The summed E-state index contributed by atoms with van der Waals surface area (Å²) in [6.07, 6.45) is 21.8. The fraction of sp³-hybridized carbons (Fsp3) is 0.860. The maximum atomic E-state index is 12.8. The van der Waals surface area contributed by atoms with E-state index in [4.69, 9.17) is 111 Å². The van der Waals surface area contributed by atoms with Crippen molar-refractivity contribution in [3.05, 3.63) is 0 Å². The van der Waals surface area contributed by atoms with Crippen LogP contribution in [-0.2, 0) is 124 Å². The van der Waals surface area contributed by atoms with Gasteiger partial charge in [-0.3, -0.25) is 67.3 Å². The van der Waals surface area contributed by atoms with E-state index in [0.717, 1.165) is 135 Å². The molecule has 36 nitrogen and oxygen atoms in total. The van der Waals surface area contributed by atoms with Gasteiger partial charge in [-0.15, -0.1) is 44.8 Å². The first-order chi connectivity index (χ1) is 61.3. The minimum absolute atomic E-state index is 0.0328. The van der Waals surface area contributed by atoms with Crippen molar-refractivity contribution in [2.45, 2.75) is 199 Å². The molecule has 0 aromatic carbocycles. The molecule has 0 saturated heterocycles. The van der Waals surface area contributed by atoms with Crippen molar-refractivity contribution in [2.24, 2.45) is 0 Å². The normalized spacial score (nSPS) is 11.4. The molecule has 0 aliphatic rings. The zero-order chi connectivity index (χ0) is 94.3. The Kier molecular flexibility index (Phi) is 87.3. The quantitative estimate of drug-likeness (QED) is 0.0116. The summed E-state index contributed by atoms with van der Waals surface area (Å²) < 4.78 is 71.2. The fourth-order valence-electron chi connectivity index (χ4n) is 12.5. The first-order valence-electron chi connectivity index (χ1n) is 45.3. The number of halogens is 4. The van der Waals surface area contributed by atoms with Gasteiger partial charge in [0.1, 0.15) is 0 Å². The van der Waals surface area contributed by atoms with Gasteiger partial charge >= 0.3 is 53.8 Å². The molecular weight excluding hydrogens is 1760 g/mol. The minimum Gasteiger partial charge on any atom is -0.469 e. The van der Waals surface area contributed by atoms with E-state index in [1.54, 1.807) is 0 Å². The molecule has 0 saturated carbocycles. The lowest BCUT2D eigenvalue weighted by Crippen LogP contribution is -2.37. The highest BCUT2D eigenvalue weighted by Crippen LogP contribution is 2.28. The van der Waals surface area contributed by atoms with Crippen molar-refractivity contribution in [3.8, 4) is 0 Å². The summed E-state index contributed by atoms with van der Waals surface area (Å²) in [4.78, 5) is 156. The van der Waals surface area contributed by atoms with Gasteiger partial charge in [-0.1, -0.05) is 83.5 Å². The first kappa shape index (κ1) is 124. The van der Waals surface area contributed by atoms with E-state index < -0.39 is 6.00 Å². The lowest BCUT2D eigenvalue weighted by Gasteiger charge is -2.22. The van der Waals surface area contributed by atoms with Gasteiger partial charge in [-0.25, -0.2) is 0 Å². The molecule has 0 aromatic rings. The zero-order valence-corrected chi connectivity index (χ0v) is 82.0. The van der Waals surface area contributed by atoms with Crippen LogP contribution in [0.15, 0.2) is 0 Å². The molecule has 0 rings (SSSR count). The van der Waals surface area contributed by atoms with Crippen LogP contribution in [0.4, 0.5) is 0 Å². The molecule has 0 aromatic heterocycles. The van der Waals surface area contributed by atoms with E-state index >= 15 is 0 Å². The van der Waals surface area contributed by atoms with Crippen LogP contribution in [-0.4, -0.2) is 393 Å². The summed E-state index contributed by atoms with van der Waals surface area (Å²) in [5, 5.41) is 11.9. The Hall–Kier alpha value is -5.46. The number of unbranched alkanes of at least 4 members (excludes halogenated alkanes) is 15. The van der Waals surface area contributed by atoms with Crippen molar-refractivity contribution in [1.82, 2.24) is 50.7 Å². The molecule has 0 atom stereocenters. The second-order valence-electron chi connectivity index (χ2n) is 30.2. The number of alkyl halides is 1. The van der Waals surface area contributed by atoms with Gasteiger partial charge in [0.2, 0.25) is 23.6 Å². The van der Waals surface area contributed by atoms with Crippen LogP contribution in [0.5, 0.6) is 0 Å². The van der Waals surface area contributed by atoms with E-state index in [-0.39, 0.29) is 110 Å². The predicted octanol–water partition coefficient (Wildman–Crippen LogP) is 7.33. The second-order valence-corrected chi connectivity index (χ2v) is 39.8. The Labute approximate surface area is 777 Å². The van der Waals surface area contributed by atoms with Gasteiger partial charge in [0, 0.05) is 156 Å². The van der Waals surface area contributed by atoms with E-state index in [0.29, 0.717) is 254 Å². The molecule has 0 aliphatic heterocycles. The number of rotatable bonds is 89. The summed E-state index contributed by atoms with van der Waals surface area (Å²) >= 11 is 23.7. The number of amides is 4. The van der Waals surface area contributed by atoms with Gasteiger partial charge in [-0.2, -0.15) is 0 Å². The SMILES string of the molecule is COC(=O)CCN(CCCCCCCCNC(=O)CCN(CCCCCCCC[Si](Cl)(Cl)Cl)CCC(=O)NCCCCCCCCN(CCC(=O)OC)CCC(=O)OC)CCC(=O)OC.COC(=O)CCN(CCOCCOCCNC(=O)CCN(CCOCCOCCCl)CCC(=O)NCCOCCOCCN(CCC(=O)OC)CCC(=O)OC)CCC(=O)OC. The summed E-state index contributed by atoms with van der Waals surface area (Å²) in [6.45, 7) is 16.3. The number of carbonyl (C=O) groups is 12. The van der Waals surface area contributed by atoms with Gasteiger partial charge < -0.3 is 107 Å². The smallest absolute Gasteiger partial charge is 0.341 e. The van der Waals surface area contributed by atoms with Crippen molar-refractivity contribution >= 4 is 122 Å². The number of esters is 8. The van der Waals surface area contributed by atoms with E-state index in [2.05, 4.69) is 36.0 Å². The number of nitrogens with zero attached hydrogens (tertiary/aromatic N) is 6. The Balaban J connectivity index is 0. The third kappa shape index (κ3) is 87.0. The molecule has 4 N–H and O–H groups in total. The molecule has 0 heterocycles. The number of methoxy groups -OCH3 is 8. The highest BCUT2D eigenvalue weighted by atomic mass is 35.8. The standard InChI is InChI=1S/C46H86Cl3N5O10Si.C40H74ClN5O16/c1-61-43(57)25-36-53(37-26-44(58)62-2)32-20-13-7-5-11-17-29-50-41(55)23-34-52(31-19-15-9-10-16-22-40-65(47,48)49)35-24-42(56)51-30-18-12-6-8-14-21-33-54(38-27-45(59)63-3)39-28-46(60)64-4;1-53-37(49)7-16-45(17-8-38(50)54-2)21-27-61-33-30-58-24-12-42-35(47)5-14-44(20-26-60-32-29-57-23-11-41)15-6-36(48)43-13-25-59-31-34-62-28-22-46(18-9-39(51)55-3)19-10-40(52)56-4/h5-40H2,1-4H3,(H,50,55)(H,51,56);5-34H2,1-4H3,(H,42,47)(H,43,48). The van der Waals surface area contributed by atoms with Crippen LogP contribution < -0.4 is 21.3 Å². The number of ether oxygens (including phenoxy) is 14. The van der Waals surface area contributed by atoms with Crippen LogP contribution in [0.3, 0.4) is 0 Å². The van der Waals surface area contributed by atoms with Crippen LogP contribution in [0, 0.1) is 0 Å². The van der Waals surface area contributed by atoms with E-state index in [9.17, 15) is 57.5 Å². The molecule has 0 bridgehead atoms. The number of carbonyl (C=O) groups excluding carboxylic acids is 12. The second kappa shape index (κ2) is 89.7. The van der Waals surface area contributed by atoms with Crippen molar-refractivity contribution < 1.29 is 124 Å². The van der Waals surface area contributed by atoms with Crippen molar-refractivity contribution in [3.63, 3.8) is 0 Å². The molecule has 0 aliphatic carbocycles. The van der Waals surface area contributed by atoms with Crippen LogP contribution in [0.1, 0.15) is 193 Å². The molecule has 4 amide bonds. The molecule has 742 valence electrons. The Morgan fingerprint density at radius 2 is 0.402 bits per heavy atom. The zero-order valence-electron chi connectivity index (χ0n) is 78.0. The van der Waals surface area contributed by atoms with Crippen molar-refractivity contribution in [1.29, 1.82) is 0 Å². The third-order valence-electron chi connectivity index (χ3n) is 20.3. The van der Waals surface area contributed by atoms with Crippen LogP contribution >= 0.6 is 44.8 Å². The molecule has 0 spiro atoms. The maximum absolute atomic E-state index is 12.8. The van der Waals surface area contributed by atoms with Crippen molar-refractivity contribution in [2.75, 3.05) is 286 Å². The largest absolute Gasteiger partial charge is 0.469 e. The topological polar surface area (TPSA) is 402 Å². The van der Waals surface area contributed by atoms with Gasteiger partial charge in [0.25, 0.3) is 0 Å². The monoisotopic (exact) mass is 1920 g/mol. The number of nitrogens with one attached hydrogen (secondary N) is 4. The predicted molar refractivity (Wildman–Crippen MR) is 489 cm³/mol. The van der Waals surface area contributed by atoms with Gasteiger partial charge in [-0.05, 0) is 57.8 Å². The average Bonchev–Trinajstić information content (AvgIpc) is 0.978. The summed E-state index contributed by atoms with van der Waals surface area (Å²) in [5.74, 6) is -2.20. The Bertz CT molecular complexity index is 2580. The highest BCUT2D eigenvalue weighted by Gasteiger charge is 2.24. The van der Waals surface area contributed by atoms with Gasteiger partial charge in [0.05, 0.1) is 188 Å².